The third-order valence-electron chi connectivity index (χ3n) is 9.21. The highest BCUT2D eigenvalue weighted by atomic mass is 16.2. The molecule has 0 spiro atoms. The minimum absolute atomic E-state index is 0.247. The lowest BCUT2D eigenvalue weighted by molar-refractivity contribution is -0.129. The van der Waals surface area contributed by atoms with E-state index in [4.69, 9.17) is 4.98 Å². The SMILES string of the molecule is CCCCCCCCCCCCCCCCCCn1c(C2CC(=O)N(C3CCCC3)C2)nc2ccccc21. The second-order valence-corrected chi connectivity index (χ2v) is 12.3. The van der Waals surface area contributed by atoms with Gasteiger partial charge in [-0.15, -0.1) is 0 Å². The van der Waals surface area contributed by atoms with E-state index in [1.165, 1.54) is 134 Å². The van der Waals surface area contributed by atoms with Crippen LogP contribution in [0.5, 0.6) is 0 Å². The molecule has 2 aliphatic rings. The van der Waals surface area contributed by atoms with E-state index in [1.54, 1.807) is 0 Å². The van der Waals surface area contributed by atoms with Crippen LogP contribution in [0.4, 0.5) is 0 Å². The Morgan fingerprint density at radius 2 is 1.32 bits per heavy atom. The monoisotopic (exact) mass is 521 g/mol. The van der Waals surface area contributed by atoms with Crippen molar-refractivity contribution in [3.63, 3.8) is 0 Å². The molecule has 4 rings (SSSR count). The average Bonchev–Trinajstić information content (AvgIpc) is 3.67. The highest BCUT2D eigenvalue weighted by Gasteiger charge is 2.38. The quantitative estimate of drug-likeness (QED) is 0.173. The number of aromatic nitrogens is 2. The van der Waals surface area contributed by atoms with E-state index in [1.807, 2.05) is 0 Å². The Kier molecular flexibility index (Phi) is 12.5. The van der Waals surface area contributed by atoms with Crippen molar-refractivity contribution >= 4 is 16.9 Å². The Morgan fingerprint density at radius 1 is 0.763 bits per heavy atom. The number of hydrogen-bond donors (Lipinski definition) is 0. The van der Waals surface area contributed by atoms with E-state index in [9.17, 15) is 4.79 Å². The fourth-order valence-corrected chi connectivity index (χ4v) is 6.93. The van der Waals surface area contributed by atoms with Gasteiger partial charge in [-0.05, 0) is 31.4 Å². The van der Waals surface area contributed by atoms with E-state index in [0.717, 1.165) is 24.4 Å². The molecule has 38 heavy (non-hydrogen) atoms. The lowest BCUT2D eigenvalue weighted by atomic mass is 10.0. The number of rotatable bonds is 19. The number of carbonyl (C=O) groups excluding carboxylic acids is 1. The summed E-state index contributed by atoms with van der Waals surface area (Å²) in [5.74, 6) is 1.75. The predicted octanol–water partition coefficient (Wildman–Crippen LogP) is 9.56. The predicted molar refractivity (Wildman–Crippen MR) is 161 cm³/mol. The van der Waals surface area contributed by atoms with Crippen LogP contribution in [0.1, 0.15) is 154 Å². The number of unbranched alkanes of at least 4 members (excludes halogenated alkanes) is 15. The second kappa shape index (κ2) is 16.3. The molecule has 1 atom stereocenters. The van der Waals surface area contributed by atoms with Crippen molar-refractivity contribution in [3.05, 3.63) is 30.1 Å². The highest BCUT2D eigenvalue weighted by Crippen LogP contribution is 2.35. The molecule has 2 fully saturated rings. The maximum atomic E-state index is 12.9. The lowest BCUT2D eigenvalue weighted by Gasteiger charge is -2.24. The summed E-state index contributed by atoms with van der Waals surface area (Å²) in [4.78, 5) is 20.1. The topological polar surface area (TPSA) is 38.1 Å². The van der Waals surface area contributed by atoms with Crippen LogP contribution < -0.4 is 0 Å². The molecule has 1 saturated heterocycles. The van der Waals surface area contributed by atoms with Crippen molar-refractivity contribution in [1.29, 1.82) is 0 Å². The molecule has 1 unspecified atom stereocenters. The van der Waals surface area contributed by atoms with Crippen LogP contribution in [0.15, 0.2) is 24.3 Å². The standard InChI is InChI=1S/C34H55N3O/c1-2-3-4-5-6-7-8-9-10-11-12-13-14-15-16-21-26-36-32-25-20-19-24-31(32)35-34(36)29-27-33(38)37(28-29)30-22-17-18-23-30/h19-20,24-25,29-30H,2-18,21-23,26-28H2,1H3. The normalized spacial score (nSPS) is 18.4. The molecule has 0 radical (unpaired) electrons. The number of nitrogens with zero attached hydrogens (tertiary/aromatic N) is 3. The number of benzene rings is 1. The number of para-hydroxylation sites is 2. The first-order valence-corrected chi connectivity index (χ1v) is 16.5. The number of hydrogen-bond acceptors (Lipinski definition) is 2. The molecule has 212 valence electrons. The highest BCUT2D eigenvalue weighted by molar-refractivity contribution is 5.81. The van der Waals surface area contributed by atoms with Gasteiger partial charge in [0.15, 0.2) is 0 Å². The number of fused-ring (bicyclic) bond motifs is 1. The van der Waals surface area contributed by atoms with Gasteiger partial charge in [-0.25, -0.2) is 4.98 Å². The van der Waals surface area contributed by atoms with Crippen LogP contribution in [0.25, 0.3) is 11.0 Å². The Morgan fingerprint density at radius 3 is 1.92 bits per heavy atom. The molecular formula is C34H55N3O. The largest absolute Gasteiger partial charge is 0.339 e. The fraction of sp³-hybridized carbons (Fsp3) is 0.765. The number of imidazole rings is 1. The molecule has 2 heterocycles. The summed E-state index contributed by atoms with van der Waals surface area (Å²) in [5, 5.41) is 0. The van der Waals surface area contributed by atoms with Crippen molar-refractivity contribution < 1.29 is 4.79 Å². The minimum Gasteiger partial charge on any atom is -0.339 e. The van der Waals surface area contributed by atoms with Crippen molar-refractivity contribution in [2.24, 2.45) is 0 Å². The van der Waals surface area contributed by atoms with Crippen molar-refractivity contribution in [2.75, 3.05) is 6.54 Å². The van der Waals surface area contributed by atoms with Crippen LogP contribution in [-0.2, 0) is 11.3 Å². The maximum absolute atomic E-state index is 12.9. The summed E-state index contributed by atoms with van der Waals surface area (Å²) in [6.45, 7) is 4.19. The molecule has 1 amide bonds. The van der Waals surface area contributed by atoms with E-state index in [-0.39, 0.29) is 5.92 Å². The second-order valence-electron chi connectivity index (χ2n) is 12.3. The average molecular weight is 522 g/mol. The van der Waals surface area contributed by atoms with Gasteiger partial charge in [0.2, 0.25) is 5.91 Å². The first-order chi connectivity index (χ1) is 18.8. The van der Waals surface area contributed by atoms with Crippen LogP contribution >= 0.6 is 0 Å². The lowest BCUT2D eigenvalue weighted by Crippen LogP contribution is -2.34. The van der Waals surface area contributed by atoms with Gasteiger partial charge in [0, 0.05) is 31.5 Å². The van der Waals surface area contributed by atoms with Gasteiger partial charge in [0.1, 0.15) is 5.82 Å². The van der Waals surface area contributed by atoms with Gasteiger partial charge in [-0.3, -0.25) is 4.79 Å². The van der Waals surface area contributed by atoms with Gasteiger partial charge in [-0.1, -0.05) is 128 Å². The van der Waals surface area contributed by atoms with Gasteiger partial charge in [0.25, 0.3) is 0 Å². The van der Waals surface area contributed by atoms with Crippen LogP contribution in [0, 0.1) is 0 Å². The van der Waals surface area contributed by atoms with Crippen molar-refractivity contribution in [3.8, 4) is 0 Å². The molecule has 4 heteroatoms. The molecule has 0 bridgehead atoms. The smallest absolute Gasteiger partial charge is 0.223 e. The molecule has 0 N–H and O–H groups in total. The van der Waals surface area contributed by atoms with Crippen LogP contribution in [0.2, 0.25) is 0 Å². The molecule has 1 saturated carbocycles. The first kappa shape index (κ1) is 29.2. The summed E-state index contributed by atoms with van der Waals surface area (Å²) in [7, 11) is 0. The van der Waals surface area contributed by atoms with Crippen molar-refractivity contribution in [1.82, 2.24) is 14.5 Å². The van der Waals surface area contributed by atoms with Gasteiger partial charge in [-0.2, -0.15) is 0 Å². The van der Waals surface area contributed by atoms with Crippen LogP contribution in [-0.4, -0.2) is 32.9 Å². The zero-order valence-corrected chi connectivity index (χ0v) is 24.5. The molecular weight excluding hydrogens is 466 g/mol. The fourth-order valence-electron chi connectivity index (χ4n) is 6.93. The van der Waals surface area contributed by atoms with E-state index < -0.39 is 0 Å². The molecule has 2 aromatic rings. The summed E-state index contributed by atoms with van der Waals surface area (Å²) < 4.78 is 2.45. The van der Waals surface area contributed by atoms with E-state index in [2.05, 4.69) is 40.7 Å². The molecule has 1 aromatic carbocycles. The third-order valence-corrected chi connectivity index (χ3v) is 9.21. The van der Waals surface area contributed by atoms with E-state index >= 15 is 0 Å². The van der Waals surface area contributed by atoms with Crippen LogP contribution in [0.3, 0.4) is 0 Å². The zero-order valence-electron chi connectivity index (χ0n) is 24.5. The Bertz CT molecular complexity index is 944. The van der Waals surface area contributed by atoms with Gasteiger partial charge in [0.05, 0.1) is 11.0 Å². The summed E-state index contributed by atoms with van der Waals surface area (Å²) in [6.07, 6.45) is 27.9. The minimum atomic E-state index is 0.247. The number of amides is 1. The number of aryl methyl sites for hydroxylation is 1. The first-order valence-electron chi connectivity index (χ1n) is 16.5. The Hall–Kier alpha value is -1.84. The maximum Gasteiger partial charge on any atom is 0.223 e. The third kappa shape index (κ3) is 8.58. The zero-order chi connectivity index (χ0) is 26.4. The molecule has 1 aliphatic carbocycles. The molecule has 1 aromatic heterocycles. The van der Waals surface area contributed by atoms with Gasteiger partial charge >= 0.3 is 0 Å². The van der Waals surface area contributed by atoms with E-state index in [0.29, 0.717) is 18.4 Å². The number of likely N-dealkylation sites (tertiary alicyclic amines) is 1. The summed E-state index contributed by atoms with van der Waals surface area (Å²) >= 11 is 0. The Labute approximate surface area is 233 Å². The summed E-state index contributed by atoms with van der Waals surface area (Å²) in [5.41, 5.74) is 2.33. The molecule has 4 nitrogen and oxygen atoms in total. The molecule has 1 aliphatic heterocycles. The Balaban J connectivity index is 1.12. The summed E-state index contributed by atoms with van der Waals surface area (Å²) in [6, 6.07) is 9.04. The number of carbonyl (C=O) groups is 1. The van der Waals surface area contributed by atoms with Gasteiger partial charge < -0.3 is 9.47 Å². The van der Waals surface area contributed by atoms with Crippen molar-refractivity contribution in [2.45, 2.75) is 160 Å².